The lowest BCUT2D eigenvalue weighted by molar-refractivity contribution is -0.137. The molecule has 0 bridgehead atoms. The minimum atomic E-state index is -4.38. The third-order valence-corrected chi connectivity index (χ3v) is 5.72. The van der Waals surface area contributed by atoms with Crippen LogP contribution >= 0.6 is 0 Å². The molecular formula is C22H24F4N6O. The van der Waals surface area contributed by atoms with Crippen LogP contribution in [0.5, 0.6) is 0 Å². The fourth-order valence-electron chi connectivity index (χ4n) is 4.03. The Hall–Kier alpha value is -3.05. The maximum atomic E-state index is 13.6. The van der Waals surface area contributed by atoms with Crippen LogP contribution in [0.2, 0.25) is 0 Å². The molecule has 3 aromatic rings. The lowest BCUT2D eigenvalue weighted by atomic mass is 10.0. The number of aromatic nitrogens is 4. The van der Waals surface area contributed by atoms with E-state index in [0.717, 1.165) is 11.6 Å². The molecule has 2 aromatic carbocycles. The van der Waals surface area contributed by atoms with Crippen LogP contribution in [0.4, 0.5) is 23.2 Å². The van der Waals surface area contributed by atoms with Crippen LogP contribution in [0.25, 0.3) is 0 Å². The molecule has 0 radical (unpaired) electrons. The van der Waals surface area contributed by atoms with Crippen LogP contribution in [0.3, 0.4) is 0 Å². The highest BCUT2D eigenvalue weighted by atomic mass is 19.4. The van der Waals surface area contributed by atoms with Crippen LogP contribution in [0, 0.1) is 5.82 Å². The molecule has 11 heteroatoms. The van der Waals surface area contributed by atoms with Crippen molar-refractivity contribution in [2.24, 2.45) is 0 Å². The van der Waals surface area contributed by atoms with Gasteiger partial charge in [-0.05, 0) is 46.3 Å². The van der Waals surface area contributed by atoms with E-state index in [9.17, 15) is 17.6 Å². The van der Waals surface area contributed by atoms with Crippen molar-refractivity contribution in [3.05, 3.63) is 71.3 Å². The topological polar surface area (TPSA) is 59.3 Å². The number of rotatable bonds is 7. The van der Waals surface area contributed by atoms with Gasteiger partial charge in [0.15, 0.2) is 5.82 Å². The minimum Gasteiger partial charge on any atom is -0.383 e. The maximum absolute atomic E-state index is 13.6. The number of tetrazole rings is 1. The Morgan fingerprint density at radius 3 is 2.42 bits per heavy atom. The van der Waals surface area contributed by atoms with Crippen LogP contribution in [0.1, 0.15) is 23.0 Å². The molecule has 0 amide bonds. The normalized spacial score (nSPS) is 16.2. The van der Waals surface area contributed by atoms with Gasteiger partial charge in [0, 0.05) is 39.0 Å². The zero-order valence-electron chi connectivity index (χ0n) is 18.0. The Labute approximate surface area is 188 Å². The third-order valence-electron chi connectivity index (χ3n) is 5.72. The molecule has 2 heterocycles. The van der Waals surface area contributed by atoms with Crippen molar-refractivity contribution in [2.75, 3.05) is 44.8 Å². The van der Waals surface area contributed by atoms with Gasteiger partial charge < -0.3 is 9.64 Å². The molecule has 176 valence electrons. The summed E-state index contributed by atoms with van der Waals surface area (Å²) in [6.45, 7) is 3.07. The highest BCUT2D eigenvalue weighted by molar-refractivity contribution is 5.49. The standard InChI is InChI=1S/C22H24F4N6O/c1-33-14-13-32-21(27-28-29-32)20(16-5-7-18(23)8-6-16)31-11-9-30(10-12-31)19-4-2-3-17(15-19)22(24,25)26/h2-8,15,20H,9-14H2,1H3. The molecule has 7 nitrogen and oxygen atoms in total. The first-order chi connectivity index (χ1) is 15.9. The van der Waals surface area contributed by atoms with Crippen molar-refractivity contribution in [1.82, 2.24) is 25.1 Å². The molecule has 1 fully saturated rings. The number of anilines is 1. The minimum absolute atomic E-state index is 0.332. The Morgan fingerprint density at radius 2 is 1.76 bits per heavy atom. The summed E-state index contributed by atoms with van der Waals surface area (Å²) in [6, 6.07) is 11.2. The number of hydrogen-bond donors (Lipinski definition) is 0. The molecule has 1 aromatic heterocycles. The van der Waals surface area contributed by atoms with Crippen molar-refractivity contribution in [3.63, 3.8) is 0 Å². The number of nitrogens with zero attached hydrogens (tertiary/aromatic N) is 6. The highest BCUT2D eigenvalue weighted by Gasteiger charge is 2.33. The van der Waals surface area contributed by atoms with E-state index in [2.05, 4.69) is 20.4 Å². The molecule has 1 atom stereocenters. The van der Waals surface area contributed by atoms with Gasteiger partial charge in [0.2, 0.25) is 0 Å². The van der Waals surface area contributed by atoms with E-state index in [1.807, 2.05) is 4.90 Å². The Bertz CT molecular complexity index is 1050. The number of methoxy groups -OCH3 is 1. The van der Waals surface area contributed by atoms with E-state index in [-0.39, 0.29) is 11.9 Å². The van der Waals surface area contributed by atoms with Gasteiger partial charge in [0.05, 0.1) is 24.8 Å². The van der Waals surface area contributed by atoms with Gasteiger partial charge >= 0.3 is 6.18 Å². The fraction of sp³-hybridized carbons (Fsp3) is 0.409. The zero-order valence-corrected chi connectivity index (χ0v) is 18.0. The van der Waals surface area contributed by atoms with Crippen molar-refractivity contribution in [2.45, 2.75) is 18.8 Å². The SMILES string of the molecule is COCCn1nnnc1C(c1ccc(F)cc1)N1CCN(c2cccc(C(F)(F)F)c2)CC1. The number of hydrogen-bond acceptors (Lipinski definition) is 6. The smallest absolute Gasteiger partial charge is 0.383 e. The summed E-state index contributed by atoms with van der Waals surface area (Å²) in [5.41, 5.74) is 0.703. The molecule has 0 saturated carbocycles. The van der Waals surface area contributed by atoms with E-state index in [1.165, 1.54) is 24.3 Å². The second-order valence-electron chi connectivity index (χ2n) is 7.78. The molecule has 1 unspecified atom stereocenters. The molecule has 0 aliphatic carbocycles. The molecular weight excluding hydrogens is 440 g/mol. The predicted octanol–water partition coefficient (Wildman–Crippen LogP) is 3.39. The van der Waals surface area contributed by atoms with Gasteiger partial charge in [-0.25, -0.2) is 9.07 Å². The first-order valence-electron chi connectivity index (χ1n) is 10.5. The quantitative estimate of drug-likeness (QED) is 0.500. The summed E-state index contributed by atoms with van der Waals surface area (Å²) in [4.78, 5) is 4.09. The van der Waals surface area contributed by atoms with Gasteiger partial charge in [0.25, 0.3) is 0 Å². The first kappa shape index (κ1) is 23.1. The summed E-state index contributed by atoms with van der Waals surface area (Å²) in [5, 5.41) is 12.1. The molecule has 4 rings (SSSR count). The third kappa shape index (κ3) is 5.31. The molecule has 1 saturated heterocycles. The van der Waals surface area contributed by atoms with Crippen molar-refractivity contribution < 1.29 is 22.3 Å². The largest absolute Gasteiger partial charge is 0.416 e. The van der Waals surface area contributed by atoms with Gasteiger partial charge in [-0.2, -0.15) is 13.2 Å². The van der Waals surface area contributed by atoms with Crippen molar-refractivity contribution >= 4 is 5.69 Å². The molecule has 1 aliphatic rings. The van der Waals surface area contributed by atoms with E-state index >= 15 is 0 Å². The van der Waals surface area contributed by atoms with Gasteiger partial charge in [-0.15, -0.1) is 5.10 Å². The molecule has 0 N–H and O–H groups in total. The van der Waals surface area contributed by atoms with Crippen LogP contribution in [0.15, 0.2) is 48.5 Å². The van der Waals surface area contributed by atoms with E-state index < -0.39 is 11.7 Å². The van der Waals surface area contributed by atoms with Gasteiger partial charge in [0.1, 0.15) is 5.82 Å². The summed E-state index contributed by atoms with van der Waals surface area (Å²) in [7, 11) is 1.59. The Kier molecular flexibility index (Phi) is 6.89. The predicted molar refractivity (Wildman–Crippen MR) is 113 cm³/mol. The Morgan fingerprint density at radius 1 is 1.03 bits per heavy atom. The summed E-state index contributed by atoms with van der Waals surface area (Å²) in [6.07, 6.45) is -4.38. The van der Waals surface area contributed by atoms with Crippen LogP contribution < -0.4 is 4.90 Å². The van der Waals surface area contributed by atoms with E-state index in [0.29, 0.717) is 50.8 Å². The summed E-state index contributed by atoms with van der Waals surface area (Å²) < 4.78 is 59.7. The second kappa shape index (κ2) is 9.84. The van der Waals surface area contributed by atoms with Crippen LogP contribution in [-0.4, -0.2) is 65.0 Å². The summed E-state index contributed by atoms with van der Waals surface area (Å²) in [5.74, 6) is 0.261. The molecule has 1 aliphatic heterocycles. The average Bonchev–Trinajstić information content (AvgIpc) is 3.27. The van der Waals surface area contributed by atoms with E-state index in [1.54, 1.807) is 30.0 Å². The number of benzene rings is 2. The number of alkyl halides is 3. The second-order valence-corrected chi connectivity index (χ2v) is 7.78. The fourth-order valence-corrected chi connectivity index (χ4v) is 4.03. The average molecular weight is 464 g/mol. The number of ether oxygens (including phenoxy) is 1. The number of halogens is 4. The van der Waals surface area contributed by atoms with Gasteiger partial charge in [-0.1, -0.05) is 18.2 Å². The van der Waals surface area contributed by atoms with E-state index in [4.69, 9.17) is 4.74 Å². The number of piperazine rings is 1. The molecule has 33 heavy (non-hydrogen) atoms. The maximum Gasteiger partial charge on any atom is 0.416 e. The lowest BCUT2D eigenvalue weighted by Crippen LogP contribution is -2.48. The lowest BCUT2D eigenvalue weighted by Gasteiger charge is -2.40. The summed E-state index contributed by atoms with van der Waals surface area (Å²) >= 11 is 0. The highest BCUT2D eigenvalue weighted by Crippen LogP contribution is 2.33. The van der Waals surface area contributed by atoms with Crippen molar-refractivity contribution in [1.29, 1.82) is 0 Å². The van der Waals surface area contributed by atoms with Crippen LogP contribution in [-0.2, 0) is 17.5 Å². The van der Waals surface area contributed by atoms with Gasteiger partial charge in [-0.3, -0.25) is 4.90 Å². The Balaban J connectivity index is 1.56. The zero-order chi connectivity index (χ0) is 23.4. The molecule has 0 spiro atoms. The monoisotopic (exact) mass is 464 g/mol. The van der Waals surface area contributed by atoms with Crippen molar-refractivity contribution in [3.8, 4) is 0 Å². The first-order valence-corrected chi connectivity index (χ1v) is 10.5.